The molecule has 1 aromatic heterocycles. The fourth-order valence-corrected chi connectivity index (χ4v) is 3.68. The Labute approximate surface area is 114 Å². The van der Waals surface area contributed by atoms with Gasteiger partial charge in [0.1, 0.15) is 0 Å². The maximum absolute atomic E-state index is 12.2. The highest BCUT2D eigenvalue weighted by Crippen LogP contribution is 2.31. The zero-order valence-corrected chi connectivity index (χ0v) is 12.1. The summed E-state index contributed by atoms with van der Waals surface area (Å²) >= 11 is 3.54. The zero-order chi connectivity index (χ0) is 12.7. The third-order valence-corrected chi connectivity index (χ3v) is 4.49. The highest BCUT2D eigenvalue weighted by Gasteiger charge is 2.20. The second-order valence-electron chi connectivity index (χ2n) is 5.23. The van der Waals surface area contributed by atoms with Crippen LogP contribution in [0.4, 0.5) is 0 Å². The van der Waals surface area contributed by atoms with E-state index in [2.05, 4.69) is 33.9 Å². The first kappa shape index (κ1) is 12.0. The van der Waals surface area contributed by atoms with Crippen molar-refractivity contribution < 1.29 is 0 Å². The van der Waals surface area contributed by atoms with E-state index in [9.17, 15) is 4.79 Å². The number of fused-ring (bicyclic) bond motifs is 1. The van der Waals surface area contributed by atoms with Gasteiger partial charge in [-0.15, -0.1) is 0 Å². The van der Waals surface area contributed by atoms with Crippen LogP contribution in [0.2, 0.25) is 0 Å². The van der Waals surface area contributed by atoms with E-state index in [0.717, 1.165) is 28.3 Å². The van der Waals surface area contributed by atoms with Gasteiger partial charge in [-0.25, -0.2) is 4.79 Å². The van der Waals surface area contributed by atoms with Crippen LogP contribution in [0.5, 0.6) is 0 Å². The van der Waals surface area contributed by atoms with Crippen LogP contribution in [0.1, 0.15) is 43.7 Å². The number of aryl methyl sites for hydroxylation is 1. The summed E-state index contributed by atoms with van der Waals surface area (Å²) in [7, 11) is 0. The summed E-state index contributed by atoms with van der Waals surface area (Å²) in [6.45, 7) is 2.06. The van der Waals surface area contributed by atoms with Crippen molar-refractivity contribution in [1.29, 1.82) is 0 Å². The topological polar surface area (TPSA) is 37.8 Å². The molecule has 2 aromatic rings. The Morgan fingerprint density at radius 3 is 2.72 bits per heavy atom. The van der Waals surface area contributed by atoms with Gasteiger partial charge in [0.15, 0.2) is 0 Å². The van der Waals surface area contributed by atoms with Crippen LogP contribution in [-0.2, 0) is 0 Å². The molecule has 0 bridgehead atoms. The maximum atomic E-state index is 12.2. The normalized spacial score (nSPS) is 17.4. The Balaban J connectivity index is 2.21. The van der Waals surface area contributed by atoms with Gasteiger partial charge in [0, 0.05) is 10.5 Å². The van der Waals surface area contributed by atoms with Crippen LogP contribution in [0, 0.1) is 6.92 Å². The molecule has 0 unspecified atom stereocenters. The second kappa shape index (κ2) is 4.57. The van der Waals surface area contributed by atoms with Crippen LogP contribution >= 0.6 is 15.9 Å². The fraction of sp³-hybridized carbons (Fsp3) is 0.500. The first-order chi connectivity index (χ1) is 8.66. The lowest BCUT2D eigenvalue weighted by Gasteiger charge is -2.23. The molecule has 0 radical (unpaired) electrons. The molecule has 0 spiro atoms. The first-order valence-electron chi connectivity index (χ1n) is 6.57. The van der Waals surface area contributed by atoms with Crippen LogP contribution in [0.25, 0.3) is 11.0 Å². The first-order valence-corrected chi connectivity index (χ1v) is 7.36. The van der Waals surface area contributed by atoms with Gasteiger partial charge in [-0.2, -0.15) is 0 Å². The monoisotopic (exact) mass is 308 g/mol. The number of nitrogens with zero attached hydrogens (tertiary/aromatic N) is 1. The third kappa shape index (κ3) is 1.92. The lowest BCUT2D eigenvalue weighted by molar-refractivity contribution is 0.353. The molecule has 0 saturated heterocycles. The van der Waals surface area contributed by atoms with Crippen molar-refractivity contribution in [1.82, 2.24) is 9.55 Å². The number of benzene rings is 1. The molecular weight excluding hydrogens is 292 g/mol. The van der Waals surface area contributed by atoms with E-state index < -0.39 is 0 Å². The fourth-order valence-electron chi connectivity index (χ4n) is 3.02. The van der Waals surface area contributed by atoms with Gasteiger partial charge in [0.25, 0.3) is 0 Å². The van der Waals surface area contributed by atoms with Gasteiger partial charge in [-0.05, 0) is 53.4 Å². The number of imidazole rings is 1. The molecular formula is C14H17BrN2O. The molecule has 0 aliphatic heterocycles. The summed E-state index contributed by atoms with van der Waals surface area (Å²) < 4.78 is 2.94. The Morgan fingerprint density at radius 2 is 2.00 bits per heavy atom. The average Bonchev–Trinajstić information content (AvgIpc) is 2.67. The molecule has 3 nitrogen and oxygen atoms in total. The van der Waals surface area contributed by atoms with Crippen molar-refractivity contribution >= 4 is 27.0 Å². The number of aromatic nitrogens is 2. The van der Waals surface area contributed by atoms with Gasteiger partial charge >= 0.3 is 5.69 Å². The zero-order valence-electron chi connectivity index (χ0n) is 10.5. The lowest BCUT2D eigenvalue weighted by atomic mass is 9.95. The third-order valence-electron chi connectivity index (χ3n) is 3.86. The summed E-state index contributed by atoms with van der Waals surface area (Å²) in [5.74, 6) is 0. The highest BCUT2D eigenvalue weighted by atomic mass is 79.9. The molecule has 3 rings (SSSR count). The summed E-state index contributed by atoms with van der Waals surface area (Å²) in [6.07, 6.45) is 6.01. The Bertz CT molecular complexity index is 635. The molecule has 4 heteroatoms. The molecule has 1 aromatic carbocycles. The maximum Gasteiger partial charge on any atom is 0.326 e. The SMILES string of the molecule is Cc1cc(Br)c2[nH]c(=O)n(C3CCCCC3)c2c1. The molecule has 0 atom stereocenters. The van der Waals surface area contributed by atoms with E-state index in [1.165, 1.54) is 24.8 Å². The molecule has 1 aliphatic carbocycles. The minimum atomic E-state index is 0.0307. The number of halogens is 1. The molecule has 18 heavy (non-hydrogen) atoms. The second-order valence-corrected chi connectivity index (χ2v) is 6.09. The van der Waals surface area contributed by atoms with Gasteiger partial charge in [0.2, 0.25) is 0 Å². The highest BCUT2D eigenvalue weighted by molar-refractivity contribution is 9.10. The van der Waals surface area contributed by atoms with Crippen molar-refractivity contribution in [2.45, 2.75) is 45.1 Å². The molecule has 1 N–H and O–H groups in total. The molecule has 1 heterocycles. The van der Waals surface area contributed by atoms with Gasteiger partial charge in [-0.1, -0.05) is 19.3 Å². The molecule has 1 fully saturated rings. The van der Waals surface area contributed by atoms with Crippen molar-refractivity contribution in [3.63, 3.8) is 0 Å². The van der Waals surface area contributed by atoms with Crippen molar-refractivity contribution in [2.24, 2.45) is 0 Å². The standard InChI is InChI=1S/C14H17BrN2O/c1-9-7-11(15)13-12(8-9)17(14(18)16-13)10-5-3-2-4-6-10/h7-8,10H,2-6H2,1H3,(H,16,18). The summed E-state index contributed by atoms with van der Waals surface area (Å²) in [6, 6.07) is 4.52. The van der Waals surface area contributed by atoms with E-state index in [1.54, 1.807) is 0 Å². The van der Waals surface area contributed by atoms with E-state index in [4.69, 9.17) is 0 Å². The predicted molar refractivity (Wildman–Crippen MR) is 77.1 cm³/mol. The van der Waals surface area contributed by atoms with E-state index in [1.807, 2.05) is 10.6 Å². The Morgan fingerprint density at radius 1 is 1.28 bits per heavy atom. The molecule has 96 valence electrons. The summed E-state index contributed by atoms with van der Waals surface area (Å²) in [5.41, 5.74) is 3.18. The Kier molecular flexibility index (Phi) is 3.06. The van der Waals surface area contributed by atoms with Crippen molar-refractivity contribution in [3.8, 4) is 0 Å². The number of rotatable bonds is 1. The smallest absolute Gasteiger partial charge is 0.305 e. The van der Waals surface area contributed by atoms with Gasteiger partial charge in [-0.3, -0.25) is 4.57 Å². The summed E-state index contributed by atoms with van der Waals surface area (Å²) in [5, 5.41) is 0. The van der Waals surface area contributed by atoms with Gasteiger partial charge < -0.3 is 4.98 Å². The largest absolute Gasteiger partial charge is 0.326 e. The van der Waals surface area contributed by atoms with Crippen molar-refractivity contribution in [2.75, 3.05) is 0 Å². The van der Waals surface area contributed by atoms with E-state index >= 15 is 0 Å². The molecule has 0 amide bonds. The molecule has 1 aliphatic rings. The minimum absolute atomic E-state index is 0.0307. The number of hydrogen-bond donors (Lipinski definition) is 1. The summed E-state index contributed by atoms with van der Waals surface area (Å²) in [4.78, 5) is 15.2. The number of nitrogens with one attached hydrogen (secondary N) is 1. The quantitative estimate of drug-likeness (QED) is 0.852. The molecule has 1 saturated carbocycles. The van der Waals surface area contributed by atoms with E-state index in [0.29, 0.717) is 6.04 Å². The van der Waals surface area contributed by atoms with Gasteiger partial charge in [0.05, 0.1) is 11.0 Å². The van der Waals surface area contributed by atoms with Crippen LogP contribution < -0.4 is 5.69 Å². The predicted octanol–water partition coefficient (Wildman–Crippen LogP) is 3.91. The van der Waals surface area contributed by atoms with Crippen LogP contribution in [-0.4, -0.2) is 9.55 Å². The van der Waals surface area contributed by atoms with E-state index in [-0.39, 0.29) is 5.69 Å². The number of aromatic amines is 1. The van der Waals surface area contributed by atoms with Crippen molar-refractivity contribution in [3.05, 3.63) is 32.7 Å². The lowest BCUT2D eigenvalue weighted by Crippen LogP contribution is -2.23. The van der Waals surface area contributed by atoms with Crippen LogP contribution in [0.15, 0.2) is 21.4 Å². The minimum Gasteiger partial charge on any atom is -0.305 e. The Hall–Kier alpha value is -1.03. The number of H-pyrrole nitrogens is 1. The average molecular weight is 309 g/mol. The number of hydrogen-bond acceptors (Lipinski definition) is 1. The van der Waals surface area contributed by atoms with Crippen LogP contribution in [0.3, 0.4) is 0 Å².